The van der Waals surface area contributed by atoms with Crippen LogP contribution in [0.2, 0.25) is 0 Å². The Morgan fingerprint density at radius 3 is 2.79 bits per heavy atom. The van der Waals surface area contributed by atoms with Gasteiger partial charge in [-0.15, -0.1) is 0 Å². The number of aromatic nitrogens is 3. The number of nitrogens with one attached hydrogen (secondary N) is 3. The van der Waals surface area contributed by atoms with Crippen molar-refractivity contribution in [1.82, 2.24) is 15.0 Å². The summed E-state index contributed by atoms with van der Waals surface area (Å²) in [5.41, 5.74) is 4.76. The molecule has 0 saturated heterocycles. The second kappa shape index (κ2) is 8.14. The molecule has 0 saturated carbocycles. The summed E-state index contributed by atoms with van der Waals surface area (Å²) < 4.78 is 0. The van der Waals surface area contributed by atoms with Crippen LogP contribution >= 0.6 is 0 Å². The molecule has 0 unspecified atom stereocenters. The predicted molar refractivity (Wildman–Crippen MR) is 117 cm³/mol. The van der Waals surface area contributed by atoms with Gasteiger partial charge in [0, 0.05) is 46.7 Å². The second-order valence-corrected chi connectivity index (χ2v) is 7.02. The van der Waals surface area contributed by atoms with Gasteiger partial charge in [0.2, 0.25) is 5.95 Å². The summed E-state index contributed by atoms with van der Waals surface area (Å²) in [4.78, 5) is 23.9. The van der Waals surface area contributed by atoms with Crippen LogP contribution in [0.4, 0.5) is 17.5 Å². The van der Waals surface area contributed by atoms with Gasteiger partial charge in [0.1, 0.15) is 5.82 Å². The number of benzene rings is 2. The Labute approximate surface area is 169 Å². The van der Waals surface area contributed by atoms with E-state index in [-0.39, 0.29) is 5.78 Å². The maximum absolute atomic E-state index is 11.6. The first kappa shape index (κ1) is 18.7. The topological polar surface area (TPSA) is 82.7 Å². The van der Waals surface area contributed by atoms with Crippen molar-refractivity contribution in [2.75, 3.05) is 17.2 Å². The normalized spacial score (nSPS) is 10.8. The lowest BCUT2D eigenvalue weighted by molar-refractivity contribution is 0.101. The van der Waals surface area contributed by atoms with Crippen LogP contribution < -0.4 is 10.6 Å². The average molecular weight is 385 g/mol. The summed E-state index contributed by atoms with van der Waals surface area (Å²) in [6.07, 6.45) is 2.92. The number of anilines is 3. The molecule has 2 aromatic carbocycles. The molecule has 0 aliphatic heterocycles. The molecule has 29 heavy (non-hydrogen) atoms. The van der Waals surface area contributed by atoms with E-state index >= 15 is 0 Å². The van der Waals surface area contributed by atoms with Gasteiger partial charge < -0.3 is 15.6 Å². The van der Waals surface area contributed by atoms with Gasteiger partial charge in [-0.3, -0.25) is 4.79 Å². The minimum absolute atomic E-state index is 0.0344. The second-order valence-electron chi connectivity index (χ2n) is 7.02. The highest BCUT2D eigenvalue weighted by Crippen LogP contribution is 2.20. The molecular weight excluding hydrogens is 362 g/mol. The largest absolute Gasteiger partial charge is 0.361 e. The Balaban J connectivity index is 1.44. The molecule has 146 valence electrons. The number of rotatable bonds is 7. The third-order valence-corrected chi connectivity index (χ3v) is 4.75. The highest BCUT2D eigenvalue weighted by Gasteiger charge is 2.06. The third kappa shape index (κ3) is 4.43. The molecule has 0 aliphatic rings. The van der Waals surface area contributed by atoms with Gasteiger partial charge in [-0.1, -0.05) is 30.3 Å². The van der Waals surface area contributed by atoms with Crippen LogP contribution in [-0.4, -0.2) is 27.3 Å². The lowest BCUT2D eigenvalue weighted by Crippen LogP contribution is -2.09. The predicted octanol–water partition coefficient (Wildman–Crippen LogP) is 4.87. The van der Waals surface area contributed by atoms with Gasteiger partial charge >= 0.3 is 0 Å². The number of hydrogen-bond acceptors (Lipinski definition) is 5. The van der Waals surface area contributed by atoms with Crippen LogP contribution in [-0.2, 0) is 6.42 Å². The van der Waals surface area contributed by atoms with Crippen molar-refractivity contribution in [3.63, 3.8) is 0 Å². The minimum atomic E-state index is 0.0344. The number of Topliss-reactive ketones (excluding diaryl/α,β-unsaturated/α-hetero) is 1. The molecule has 6 heteroatoms. The van der Waals surface area contributed by atoms with Gasteiger partial charge in [-0.05, 0) is 44.0 Å². The lowest BCUT2D eigenvalue weighted by atomic mass is 10.1. The smallest absolute Gasteiger partial charge is 0.224 e. The monoisotopic (exact) mass is 385 g/mol. The van der Waals surface area contributed by atoms with Crippen molar-refractivity contribution in [1.29, 1.82) is 0 Å². The maximum atomic E-state index is 11.6. The Kier molecular flexibility index (Phi) is 5.24. The molecule has 0 aliphatic carbocycles. The molecule has 2 aromatic heterocycles. The zero-order valence-corrected chi connectivity index (χ0v) is 16.5. The van der Waals surface area contributed by atoms with Crippen LogP contribution in [0, 0.1) is 6.92 Å². The zero-order valence-electron chi connectivity index (χ0n) is 16.5. The molecule has 4 rings (SSSR count). The van der Waals surface area contributed by atoms with E-state index in [1.165, 1.54) is 10.9 Å². The summed E-state index contributed by atoms with van der Waals surface area (Å²) in [5, 5.41) is 7.82. The summed E-state index contributed by atoms with van der Waals surface area (Å²) >= 11 is 0. The number of carbonyl (C=O) groups excluding carboxylic acids is 1. The number of H-pyrrole nitrogens is 1. The minimum Gasteiger partial charge on any atom is -0.361 e. The maximum Gasteiger partial charge on any atom is 0.224 e. The summed E-state index contributed by atoms with van der Waals surface area (Å²) in [6, 6.07) is 17.6. The van der Waals surface area contributed by atoms with E-state index in [4.69, 9.17) is 0 Å². The first-order valence-corrected chi connectivity index (χ1v) is 9.61. The average Bonchev–Trinajstić information content (AvgIpc) is 3.11. The molecule has 6 nitrogen and oxygen atoms in total. The number of fused-ring (bicyclic) bond motifs is 1. The van der Waals surface area contributed by atoms with E-state index < -0.39 is 0 Å². The molecule has 0 bridgehead atoms. The standard InChI is InChI=1S/C23H23N5O/c1-15-12-22(27-19-7-5-6-17(13-19)16(2)29)28-23(26-15)24-11-10-18-14-25-21-9-4-3-8-20(18)21/h3-9,12-14,25H,10-11H2,1-2H3,(H2,24,26,27,28). The fourth-order valence-corrected chi connectivity index (χ4v) is 3.32. The molecule has 0 atom stereocenters. The Morgan fingerprint density at radius 1 is 1.07 bits per heavy atom. The van der Waals surface area contributed by atoms with E-state index in [2.05, 4.69) is 50.0 Å². The van der Waals surface area contributed by atoms with E-state index in [1.54, 1.807) is 13.0 Å². The van der Waals surface area contributed by atoms with E-state index in [1.807, 2.05) is 37.3 Å². The van der Waals surface area contributed by atoms with Gasteiger partial charge in [0.25, 0.3) is 0 Å². The first-order chi connectivity index (χ1) is 14.1. The van der Waals surface area contributed by atoms with Crippen molar-refractivity contribution >= 4 is 34.1 Å². The van der Waals surface area contributed by atoms with Crippen molar-refractivity contribution < 1.29 is 4.79 Å². The fourth-order valence-electron chi connectivity index (χ4n) is 3.32. The van der Waals surface area contributed by atoms with E-state index in [0.29, 0.717) is 17.3 Å². The van der Waals surface area contributed by atoms with Gasteiger partial charge in [0.15, 0.2) is 5.78 Å². The Bertz CT molecular complexity index is 1160. The van der Waals surface area contributed by atoms with E-state index in [0.717, 1.165) is 29.9 Å². The van der Waals surface area contributed by atoms with Gasteiger partial charge in [-0.25, -0.2) is 4.98 Å². The van der Waals surface area contributed by atoms with Crippen LogP contribution in [0.5, 0.6) is 0 Å². The fraction of sp³-hybridized carbons (Fsp3) is 0.174. The molecule has 2 heterocycles. The molecule has 0 fully saturated rings. The van der Waals surface area contributed by atoms with Crippen molar-refractivity contribution in [2.24, 2.45) is 0 Å². The number of ketones is 1. The van der Waals surface area contributed by atoms with Crippen LogP contribution in [0.25, 0.3) is 10.9 Å². The lowest BCUT2D eigenvalue weighted by Gasteiger charge is -2.10. The third-order valence-electron chi connectivity index (χ3n) is 4.75. The van der Waals surface area contributed by atoms with Gasteiger partial charge in [-0.2, -0.15) is 4.98 Å². The van der Waals surface area contributed by atoms with Crippen molar-refractivity contribution in [3.8, 4) is 0 Å². The summed E-state index contributed by atoms with van der Waals surface area (Å²) in [5.74, 6) is 1.30. The summed E-state index contributed by atoms with van der Waals surface area (Å²) in [7, 11) is 0. The van der Waals surface area contributed by atoms with Crippen molar-refractivity contribution in [3.05, 3.63) is 77.6 Å². The van der Waals surface area contributed by atoms with Crippen LogP contribution in [0.3, 0.4) is 0 Å². The number of para-hydroxylation sites is 1. The molecule has 0 radical (unpaired) electrons. The SMILES string of the molecule is CC(=O)c1cccc(Nc2cc(C)nc(NCCc3c[nH]c4ccccc34)n2)c1. The zero-order chi connectivity index (χ0) is 20.2. The molecular formula is C23H23N5O. The Morgan fingerprint density at radius 2 is 1.93 bits per heavy atom. The number of carbonyl (C=O) groups is 1. The molecule has 0 spiro atoms. The molecule has 3 N–H and O–H groups in total. The van der Waals surface area contributed by atoms with Crippen molar-refractivity contribution in [2.45, 2.75) is 20.3 Å². The quantitative estimate of drug-likeness (QED) is 0.396. The van der Waals surface area contributed by atoms with Crippen LogP contribution in [0.1, 0.15) is 28.5 Å². The highest BCUT2D eigenvalue weighted by atomic mass is 16.1. The molecule has 4 aromatic rings. The van der Waals surface area contributed by atoms with Crippen LogP contribution in [0.15, 0.2) is 60.8 Å². The summed E-state index contributed by atoms with van der Waals surface area (Å²) in [6.45, 7) is 4.22. The number of nitrogens with zero attached hydrogens (tertiary/aromatic N) is 2. The van der Waals surface area contributed by atoms with E-state index in [9.17, 15) is 4.79 Å². The Hall–Kier alpha value is -3.67. The van der Waals surface area contributed by atoms with Gasteiger partial charge in [0.05, 0.1) is 0 Å². The first-order valence-electron chi connectivity index (χ1n) is 9.61. The number of hydrogen-bond donors (Lipinski definition) is 3. The number of aromatic amines is 1. The number of aryl methyl sites for hydroxylation is 1. The highest BCUT2D eigenvalue weighted by molar-refractivity contribution is 5.95. The molecule has 0 amide bonds.